The summed E-state index contributed by atoms with van der Waals surface area (Å²) in [4.78, 5) is 47.0. The third kappa shape index (κ3) is 4.99. The van der Waals surface area contributed by atoms with Crippen LogP contribution in [0.3, 0.4) is 0 Å². The number of carbonyl (C=O) groups excluding carboxylic acids is 3. The van der Waals surface area contributed by atoms with Gasteiger partial charge in [0.05, 0.1) is 6.42 Å². The van der Waals surface area contributed by atoms with Crippen LogP contribution in [-0.4, -0.2) is 35.6 Å². The molecule has 0 radical (unpaired) electrons. The summed E-state index contributed by atoms with van der Waals surface area (Å²) >= 11 is 0. The molecule has 0 amide bonds. The molecule has 1 fully saturated rings. The largest absolute Gasteiger partial charge is 0.457 e. The molecule has 1 saturated carbocycles. The quantitative estimate of drug-likeness (QED) is 0.314. The van der Waals surface area contributed by atoms with E-state index < -0.39 is 29.3 Å². The van der Waals surface area contributed by atoms with Crippen LogP contribution in [0.4, 0.5) is 0 Å². The molecule has 2 rings (SSSR count). The van der Waals surface area contributed by atoms with Gasteiger partial charge in [0.2, 0.25) is 12.3 Å². The van der Waals surface area contributed by atoms with Gasteiger partial charge >= 0.3 is 5.97 Å². The highest BCUT2D eigenvalue weighted by Gasteiger charge is 2.44. The van der Waals surface area contributed by atoms with E-state index in [1.807, 2.05) is 26.8 Å². The van der Waals surface area contributed by atoms with Gasteiger partial charge in [-0.3, -0.25) is 24.5 Å². The molecular formula is C20H25NO6. The minimum atomic E-state index is -0.712. The Labute approximate surface area is 158 Å². The van der Waals surface area contributed by atoms with E-state index in [9.17, 15) is 24.5 Å². The van der Waals surface area contributed by atoms with Crippen LogP contribution in [-0.2, 0) is 14.3 Å². The Morgan fingerprint density at radius 2 is 1.81 bits per heavy atom. The van der Waals surface area contributed by atoms with Gasteiger partial charge in [-0.1, -0.05) is 13.0 Å². The van der Waals surface area contributed by atoms with Crippen LogP contribution in [0.2, 0.25) is 0 Å². The lowest BCUT2D eigenvalue weighted by Crippen LogP contribution is -2.28. The van der Waals surface area contributed by atoms with Crippen molar-refractivity contribution in [1.29, 1.82) is 0 Å². The third-order valence-electron chi connectivity index (χ3n) is 5.44. The number of aryl methyl sites for hydroxylation is 3. The number of nitrogens with zero attached hydrogens (tertiary/aromatic N) is 1. The highest BCUT2D eigenvalue weighted by molar-refractivity contribution is 5.99. The van der Waals surface area contributed by atoms with Crippen molar-refractivity contribution in [3.63, 3.8) is 0 Å². The van der Waals surface area contributed by atoms with Crippen molar-refractivity contribution in [3.8, 4) is 0 Å². The maximum Gasteiger partial charge on any atom is 0.306 e. The molecule has 0 aliphatic heterocycles. The summed E-state index contributed by atoms with van der Waals surface area (Å²) in [7, 11) is 0. The molecular weight excluding hydrogens is 350 g/mol. The predicted molar refractivity (Wildman–Crippen MR) is 98.2 cm³/mol. The number of rotatable bonds is 7. The van der Waals surface area contributed by atoms with E-state index in [0.717, 1.165) is 16.7 Å². The number of hydrogen-bond donors (Lipinski definition) is 0. The molecule has 0 bridgehead atoms. The molecule has 0 saturated heterocycles. The van der Waals surface area contributed by atoms with E-state index in [1.54, 1.807) is 13.0 Å². The Morgan fingerprint density at radius 3 is 2.44 bits per heavy atom. The molecule has 0 unspecified atom stereocenters. The second-order valence-electron chi connectivity index (χ2n) is 7.47. The maximum atomic E-state index is 12.4. The molecule has 0 spiro atoms. The fourth-order valence-corrected chi connectivity index (χ4v) is 3.72. The van der Waals surface area contributed by atoms with Crippen molar-refractivity contribution in [2.75, 3.05) is 13.2 Å². The fraction of sp³-hybridized carbons (Fsp3) is 0.550. The molecule has 7 nitrogen and oxygen atoms in total. The van der Waals surface area contributed by atoms with Crippen LogP contribution in [0.15, 0.2) is 12.1 Å². The zero-order valence-electron chi connectivity index (χ0n) is 16.1. The average molecular weight is 375 g/mol. The zero-order valence-corrected chi connectivity index (χ0v) is 16.1. The Morgan fingerprint density at radius 1 is 1.19 bits per heavy atom. The first-order valence-electron chi connectivity index (χ1n) is 9.01. The second-order valence-corrected chi connectivity index (χ2v) is 7.47. The van der Waals surface area contributed by atoms with Crippen molar-refractivity contribution in [2.45, 2.75) is 40.5 Å². The summed E-state index contributed by atoms with van der Waals surface area (Å²) in [6.45, 7) is 6.72. The molecule has 0 aromatic heterocycles. The van der Waals surface area contributed by atoms with Crippen molar-refractivity contribution >= 4 is 17.5 Å². The smallest absolute Gasteiger partial charge is 0.306 e. The van der Waals surface area contributed by atoms with Gasteiger partial charge in [0.25, 0.3) is 0 Å². The second kappa shape index (κ2) is 8.41. The molecule has 1 aliphatic carbocycles. The fourth-order valence-electron chi connectivity index (χ4n) is 3.72. The Hall–Kier alpha value is -2.57. The first-order valence-corrected chi connectivity index (χ1v) is 9.01. The Bertz CT molecular complexity index is 785. The molecule has 1 aromatic rings. The van der Waals surface area contributed by atoms with Crippen molar-refractivity contribution < 1.29 is 24.0 Å². The Kier molecular flexibility index (Phi) is 6.46. The summed E-state index contributed by atoms with van der Waals surface area (Å²) in [5.74, 6) is -2.46. The van der Waals surface area contributed by atoms with Gasteiger partial charge in [-0.25, -0.2) is 0 Å². The summed E-state index contributed by atoms with van der Waals surface area (Å²) < 4.78 is 5.07. The number of hydrogen-bond acceptors (Lipinski definition) is 6. The topological polar surface area (TPSA) is 104 Å². The van der Waals surface area contributed by atoms with Gasteiger partial charge < -0.3 is 4.74 Å². The van der Waals surface area contributed by atoms with E-state index in [0.29, 0.717) is 5.56 Å². The van der Waals surface area contributed by atoms with Gasteiger partial charge in [0, 0.05) is 28.7 Å². The average Bonchev–Trinajstić information content (AvgIpc) is 2.82. The molecule has 27 heavy (non-hydrogen) atoms. The lowest BCUT2D eigenvalue weighted by Gasteiger charge is -2.17. The van der Waals surface area contributed by atoms with Crippen LogP contribution >= 0.6 is 0 Å². The van der Waals surface area contributed by atoms with Crippen LogP contribution in [0.25, 0.3) is 0 Å². The number of esters is 1. The molecule has 0 heterocycles. The van der Waals surface area contributed by atoms with Crippen molar-refractivity contribution in [1.82, 2.24) is 0 Å². The van der Waals surface area contributed by atoms with E-state index in [1.165, 1.54) is 0 Å². The summed E-state index contributed by atoms with van der Waals surface area (Å²) in [5.41, 5.74) is 3.36. The van der Waals surface area contributed by atoms with Crippen LogP contribution in [0.5, 0.6) is 0 Å². The molecule has 1 aromatic carbocycles. The van der Waals surface area contributed by atoms with Crippen molar-refractivity contribution in [3.05, 3.63) is 44.5 Å². The number of carbonyl (C=O) groups is 3. The zero-order chi connectivity index (χ0) is 20.3. The number of ether oxygens (including phenoxy) is 1. The highest BCUT2D eigenvalue weighted by atomic mass is 16.6. The van der Waals surface area contributed by atoms with Gasteiger partial charge in [0.15, 0.2) is 6.61 Å². The predicted octanol–water partition coefficient (Wildman–Crippen LogP) is 2.85. The van der Waals surface area contributed by atoms with Gasteiger partial charge in [-0.15, -0.1) is 0 Å². The summed E-state index contributed by atoms with van der Waals surface area (Å²) in [6, 6.07) is 3.68. The lowest BCUT2D eigenvalue weighted by molar-refractivity contribution is -0.490. The first-order chi connectivity index (χ1) is 12.6. The Balaban J connectivity index is 1.97. The molecule has 1 aliphatic rings. The van der Waals surface area contributed by atoms with Crippen LogP contribution in [0.1, 0.15) is 46.8 Å². The summed E-state index contributed by atoms with van der Waals surface area (Å²) in [6.07, 6.45) is 0.0120. The van der Waals surface area contributed by atoms with E-state index in [4.69, 9.17) is 4.74 Å². The van der Waals surface area contributed by atoms with Crippen LogP contribution < -0.4 is 0 Å². The maximum absolute atomic E-state index is 12.4. The minimum Gasteiger partial charge on any atom is -0.457 e. The molecule has 7 heteroatoms. The molecule has 3 atom stereocenters. The molecule has 0 N–H and O–H groups in total. The standard InChI is InChI=1S/C20H25NO6/c1-11-5-13(3)15(6-12(11)2)19(23)10-27-20(24)8-16-17(9-21(25)26)14(4)7-18(16)22/h5-6,14,16-17H,7-10H2,1-4H3/t14-,16-,17-/m1/s1. The first kappa shape index (κ1) is 20.7. The molecule has 146 valence electrons. The minimum absolute atomic E-state index is 0.138. The van der Waals surface area contributed by atoms with Gasteiger partial charge in [-0.05, 0) is 49.4 Å². The number of nitro groups is 1. The van der Waals surface area contributed by atoms with E-state index >= 15 is 0 Å². The monoisotopic (exact) mass is 375 g/mol. The van der Waals surface area contributed by atoms with E-state index in [2.05, 4.69) is 0 Å². The third-order valence-corrected chi connectivity index (χ3v) is 5.44. The van der Waals surface area contributed by atoms with E-state index in [-0.39, 0.29) is 36.9 Å². The number of ketones is 2. The van der Waals surface area contributed by atoms with Crippen LogP contribution in [0, 0.1) is 48.6 Å². The number of Topliss-reactive ketones (excluding diaryl/α,β-unsaturated/α-hetero) is 2. The number of benzene rings is 1. The van der Waals surface area contributed by atoms with Gasteiger partial charge in [-0.2, -0.15) is 0 Å². The highest BCUT2D eigenvalue weighted by Crippen LogP contribution is 2.36. The SMILES string of the molecule is Cc1cc(C)c(C(=O)COC(=O)C[C@H]2C(=O)C[C@@H](C)[C@H]2C[N+](=O)[O-])cc1C. The van der Waals surface area contributed by atoms with Gasteiger partial charge in [0.1, 0.15) is 5.78 Å². The normalized spacial score (nSPS) is 21.9. The summed E-state index contributed by atoms with van der Waals surface area (Å²) in [5, 5.41) is 10.8. The lowest BCUT2D eigenvalue weighted by atomic mass is 9.88. The van der Waals surface area contributed by atoms with Crippen molar-refractivity contribution in [2.24, 2.45) is 17.8 Å².